The number of benzene rings is 1. The smallest absolute Gasteiger partial charge is 0.307 e. The number of esters is 1. The van der Waals surface area contributed by atoms with Crippen LogP contribution in [0, 0.1) is 3.57 Å². The number of carbonyl (C=O) groups is 2. The van der Waals surface area contributed by atoms with Gasteiger partial charge in [0.25, 0.3) is 5.91 Å². The monoisotopic (exact) mass is 411 g/mol. The third-order valence-corrected chi connectivity index (χ3v) is 3.38. The molecular weight excluding hydrogens is 401 g/mol. The van der Waals surface area contributed by atoms with Gasteiger partial charge in [-0.2, -0.15) is 0 Å². The van der Waals surface area contributed by atoms with E-state index in [1.54, 1.807) is 6.07 Å². The number of hydrogen-bond donors (Lipinski definition) is 1. The molecule has 1 aromatic rings. The van der Waals surface area contributed by atoms with Crippen LogP contribution in [0.25, 0.3) is 0 Å². The van der Waals surface area contributed by atoms with E-state index in [1.807, 2.05) is 12.1 Å². The second kappa shape index (κ2) is 6.95. The van der Waals surface area contributed by atoms with Crippen molar-refractivity contribution in [2.75, 3.05) is 13.7 Å². The predicted molar refractivity (Wildman–Crippen MR) is 75.8 cm³/mol. The lowest BCUT2D eigenvalue weighted by atomic mass is 10.2. The van der Waals surface area contributed by atoms with Crippen LogP contribution in [-0.2, 0) is 9.53 Å². The summed E-state index contributed by atoms with van der Waals surface area (Å²) in [5.41, 5.74) is 0.557. The van der Waals surface area contributed by atoms with Crippen molar-refractivity contribution in [3.63, 3.8) is 0 Å². The molecule has 0 heterocycles. The molecule has 0 spiro atoms. The molecular formula is C11H11BrINO3. The Bertz CT molecular complexity index is 437. The van der Waals surface area contributed by atoms with E-state index in [-0.39, 0.29) is 24.8 Å². The number of nitrogens with one attached hydrogen (secondary N) is 1. The molecule has 1 amide bonds. The Morgan fingerprint density at radius 1 is 1.47 bits per heavy atom. The van der Waals surface area contributed by atoms with Crippen LogP contribution in [0.3, 0.4) is 0 Å². The molecule has 0 aromatic heterocycles. The molecule has 0 aliphatic rings. The van der Waals surface area contributed by atoms with Gasteiger partial charge in [0.1, 0.15) is 0 Å². The number of carbonyl (C=O) groups excluding carboxylic acids is 2. The minimum Gasteiger partial charge on any atom is -0.469 e. The summed E-state index contributed by atoms with van der Waals surface area (Å²) < 4.78 is 6.19. The third-order valence-electron chi connectivity index (χ3n) is 2.02. The highest BCUT2D eigenvalue weighted by molar-refractivity contribution is 14.1. The molecule has 0 fully saturated rings. The highest BCUT2D eigenvalue weighted by Crippen LogP contribution is 2.19. The van der Waals surface area contributed by atoms with Gasteiger partial charge in [0.05, 0.1) is 19.1 Å². The Morgan fingerprint density at radius 3 is 2.82 bits per heavy atom. The molecule has 4 nitrogen and oxygen atoms in total. The van der Waals surface area contributed by atoms with Crippen LogP contribution in [0.4, 0.5) is 0 Å². The molecule has 0 saturated heterocycles. The van der Waals surface area contributed by atoms with Crippen molar-refractivity contribution in [1.29, 1.82) is 0 Å². The normalized spacial score (nSPS) is 9.82. The first-order valence-electron chi connectivity index (χ1n) is 4.84. The SMILES string of the molecule is COC(=O)CCNC(=O)c1cc(I)ccc1Br. The molecule has 92 valence electrons. The average molecular weight is 412 g/mol. The van der Waals surface area contributed by atoms with Crippen LogP contribution in [0.2, 0.25) is 0 Å². The number of amides is 1. The summed E-state index contributed by atoms with van der Waals surface area (Å²) in [5.74, 6) is -0.550. The number of ether oxygens (including phenoxy) is 1. The van der Waals surface area contributed by atoms with Gasteiger partial charge in [-0.1, -0.05) is 0 Å². The molecule has 0 bridgehead atoms. The first-order chi connectivity index (χ1) is 8.04. The van der Waals surface area contributed by atoms with Gasteiger partial charge in [0.15, 0.2) is 0 Å². The van der Waals surface area contributed by atoms with Crippen LogP contribution in [0.5, 0.6) is 0 Å². The van der Waals surface area contributed by atoms with Gasteiger partial charge in [-0.05, 0) is 56.7 Å². The van der Waals surface area contributed by atoms with E-state index in [0.717, 1.165) is 8.04 Å². The Kier molecular flexibility index (Phi) is 5.90. The van der Waals surface area contributed by atoms with Gasteiger partial charge in [-0.15, -0.1) is 0 Å². The Balaban J connectivity index is 2.58. The molecule has 0 saturated carbocycles. The largest absolute Gasteiger partial charge is 0.469 e. The van der Waals surface area contributed by atoms with Crippen molar-refractivity contribution in [1.82, 2.24) is 5.32 Å². The standard InChI is InChI=1S/C11H11BrINO3/c1-17-10(15)4-5-14-11(16)8-6-7(13)2-3-9(8)12/h2-3,6H,4-5H2,1H3,(H,14,16). The van der Waals surface area contributed by atoms with Crippen LogP contribution < -0.4 is 5.32 Å². The minimum atomic E-state index is -0.341. The first-order valence-corrected chi connectivity index (χ1v) is 6.72. The van der Waals surface area contributed by atoms with Gasteiger partial charge < -0.3 is 10.1 Å². The molecule has 17 heavy (non-hydrogen) atoms. The maximum atomic E-state index is 11.8. The van der Waals surface area contributed by atoms with Crippen molar-refractivity contribution in [3.05, 3.63) is 31.8 Å². The van der Waals surface area contributed by atoms with E-state index >= 15 is 0 Å². The van der Waals surface area contributed by atoms with Crippen molar-refractivity contribution in [3.8, 4) is 0 Å². The van der Waals surface area contributed by atoms with Gasteiger partial charge in [0.2, 0.25) is 0 Å². The van der Waals surface area contributed by atoms with E-state index in [1.165, 1.54) is 7.11 Å². The van der Waals surface area contributed by atoms with Crippen molar-refractivity contribution in [2.24, 2.45) is 0 Å². The van der Waals surface area contributed by atoms with Crippen LogP contribution in [0.1, 0.15) is 16.8 Å². The van der Waals surface area contributed by atoms with E-state index < -0.39 is 0 Å². The molecule has 0 unspecified atom stereocenters. The Labute approximate surface area is 121 Å². The quantitative estimate of drug-likeness (QED) is 0.611. The topological polar surface area (TPSA) is 55.4 Å². The average Bonchev–Trinajstić information content (AvgIpc) is 2.31. The molecule has 6 heteroatoms. The van der Waals surface area contributed by atoms with Crippen LogP contribution >= 0.6 is 38.5 Å². The zero-order valence-corrected chi connectivity index (χ0v) is 12.9. The second-order valence-electron chi connectivity index (χ2n) is 3.21. The van der Waals surface area contributed by atoms with Crippen LogP contribution in [0.15, 0.2) is 22.7 Å². The highest BCUT2D eigenvalue weighted by atomic mass is 127. The highest BCUT2D eigenvalue weighted by Gasteiger charge is 2.10. The summed E-state index contributed by atoms with van der Waals surface area (Å²) in [7, 11) is 1.32. The molecule has 1 aromatic carbocycles. The van der Waals surface area contributed by atoms with Crippen molar-refractivity contribution >= 4 is 50.4 Å². The fourth-order valence-corrected chi connectivity index (χ4v) is 2.06. The van der Waals surface area contributed by atoms with Gasteiger partial charge in [-0.3, -0.25) is 9.59 Å². The van der Waals surface area contributed by atoms with Crippen LogP contribution in [-0.4, -0.2) is 25.5 Å². The lowest BCUT2D eigenvalue weighted by Gasteiger charge is -2.06. The summed E-state index contributed by atoms with van der Waals surface area (Å²) in [6.45, 7) is 0.267. The fourth-order valence-electron chi connectivity index (χ4n) is 1.15. The van der Waals surface area contributed by atoms with E-state index in [0.29, 0.717) is 5.56 Å². The lowest BCUT2D eigenvalue weighted by Crippen LogP contribution is -2.26. The third kappa shape index (κ3) is 4.63. The summed E-state index contributed by atoms with van der Waals surface area (Å²) in [6, 6.07) is 5.49. The predicted octanol–water partition coefficient (Wildman–Crippen LogP) is 2.35. The first kappa shape index (κ1) is 14.4. The summed E-state index contributed by atoms with van der Waals surface area (Å²) >= 11 is 5.44. The maximum absolute atomic E-state index is 11.8. The number of rotatable bonds is 4. The zero-order chi connectivity index (χ0) is 12.8. The molecule has 0 aliphatic heterocycles. The van der Waals surface area contributed by atoms with Crippen molar-refractivity contribution < 1.29 is 14.3 Å². The van der Waals surface area contributed by atoms with E-state index in [2.05, 4.69) is 48.6 Å². The van der Waals surface area contributed by atoms with E-state index in [4.69, 9.17) is 0 Å². The zero-order valence-electron chi connectivity index (χ0n) is 9.13. The molecule has 0 aliphatic carbocycles. The number of hydrogen-bond acceptors (Lipinski definition) is 3. The maximum Gasteiger partial charge on any atom is 0.307 e. The molecule has 1 rings (SSSR count). The van der Waals surface area contributed by atoms with Crippen molar-refractivity contribution in [2.45, 2.75) is 6.42 Å². The second-order valence-corrected chi connectivity index (χ2v) is 5.31. The Hall–Kier alpha value is -0.630. The number of halogens is 2. The Morgan fingerprint density at radius 2 is 2.18 bits per heavy atom. The number of methoxy groups -OCH3 is 1. The van der Waals surface area contributed by atoms with Gasteiger partial charge in [-0.25, -0.2) is 0 Å². The minimum absolute atomic E-state index is 0.170. The molecule has 0 atom stereocenters. The fraction of sp³-hybridized carbons (Fsp3) is 0.273. The molecule has 0 radical (unpaired) electrons. The van der Waals surface area contributed by atoms with Gasteiger partial charge in [0, 0.05) is 14.6 Å². The summed E-state index contributed by atoms with van der Waals surface area (Å²) in [6.07, 6.45) is 0.170. The lowest BCUT2D eigenvalue weighted by molar-refractivity contribution is -0.140. The van der Waals surface area contributed by atoms with Gasteiger partial charge >= 0.3 is 5.97 Å². The molecule has 1 N–H and O–H groups in total. The summed E-state index contributed by atoms with van der Waals surface area (Å²) in [5, 5.41) is 2.66. The van der Waals surface area contributed by atoms with E-state index in [9.17, 15) is 9.59 Å². The summed E-state index contributed by atoms with van der Waals surface area (Å²) in [4.78, 5) is 22.7.